The Morgan fingerprint density at radius 2 is 0.870 bits per heavy atom. The molecule has 23 heavy (non-hydrogen) atoms. The van der Waals surface area contributed by atoms with E-state index >= 15 is 0 Å². The second-order valence-corrected chi connectivity index (χ2v) is 6.15. The fourth-order valence-electron chi connectivity index (χ4n) is 2.62. The van der Waals surface area contributed by atoms with E-state index in [4.69, 9.17) is 0 Å². The predicted octanol–water partition coefficient (Wildman–Crippen LogP) is 5.26. The molecule has 1 heteroatoms. The van der Waals surface area contributed by atoms with E-state index < -0.39 is 0 Å². The molecule has 1 nitrogen and oxygen atoms in total. The molecular weight excluding hydrogens is 278 g/mol. The van der Waals surface area contributed by atoms with E-state index in [2.05, 4.69) is 92.0 Å². The quantitative estimate of drug-likeness (QED) is 0.678. The van der Waals surface area contributed by atoms with Crippen LogP contribution in [0, 0.1) is 13.8 Å². The van der Waals surface area contributed by atoms with Gasteiger partial charge in [0.15, 0.2) is 0 Å². The Bertz CT molecular complexity index is 737. The van der Waals surface area contributed by atoms with Crippen molar-refractivity contribution in [2.75, 3.05) is 0 Å². The van der Waals surface area contributed by atoms with Crippen molar-refractivity contribution in [1.29, 1.82) is 0 Å². The lowest BCUT2D eigenvalue weighted by molar-refractivity contribution is 0.693. The predicted molar refractivity (Wildman–Crippen MR) is 98.3 cm³/mol. The molecule has 0 fully saturated rings. The van der Waals surface area contributed by atoms with Gasteiger partial charge in [0.05, 0.1) is 0 Å². The van der Waals surface area contributed by atoms with Crippen LogP contribution in [0.2, 0.25) is 0 Å². The standard InChI is InChI=1S/C22H23N/c1-17-3-7-19(8-4-17)15-23-16-20-9-13-22(14-10-20)21-11-5-18(2)6-12-21/h3-14,23H,15-16H2,1-2H3. The van der Waals surface area contributed by atoms with Crippen molar-refractivity contribution in [1.82, 2.24) is 5.32 Å². The zero-order valence-corrected chi connectivity index (χ0v) is 13.8. The van der Waals surface area contributed by atoms with Crippen LogP contribution in [0.15, 0.2) is 72.8 Å². The fraction of sp³-hybridized carbons (Fsp3) is 0.182. The Morgan fingerprint density at radius 1 is 0.522 bits per heavy atom. The van der Waals surface area contributed by atoms with Gasteiger partial charge in [-0.1, -0.05) is 83.9 Å². The molecule has 0 saturated heterocycles. The summed E-state index contributed by atoms with van der Waals surface area (Å²) in [4.78, 5) is 0. The van der Waals surface area contributed by atoms with E-state index in [1.807, 2.05) is 0 Å². The van der Waals surface area contributed by atoms with Gasteiger partial charge in [-0.2, -0.15) is 0 Å². The van der Waals surface area contributed by atoms with Crippen LogP contribution >= 0.6 is 0 Å². The topological polar surface area (TPSA) is 12.0 Å². The first-order valence-electron chi connectivity index (χ1n) is 8.13. The average Bonchev–Trinajstić information content (AvgIpc) is 2.58. The molecule has 1 N–H and O–H groups in total. The fourth-order valence-corrected chi connectivity index (χ4v) is 2.62. The lowest BCUT2D eigenvalue weighted by atomic mass is 10.0. The summed E-state index contributed by atoms with van der Waals surface area (Å²) in [6, 6.07) is 26.2. The Labute approximate surface area is 139 Å². The van der Waals surface area contributed by atoms with Gasteiger partial charge in [0.25, 0.3) is 0 Å². The monoisotopic (exact) mass is 301 g/mol. The molecule has 0 aliphatic rings. The minimum Gasteiger partial charge on any atom is -0.309 e. The smallest absolute Gasteiger partial charge is 0.0208 e. The van der Waals surface area contributed by atoms with E-state index in [-0.39, 0.29) is 0 Å². The number of nitrogens with one attached hydrogen (secondary N) is 1. The van der Waals surface area contributed by atoms with Gasteiger partial charge in [0, 0.05) is 13.1 Å². The van der Waals surface area contributed by atoms with Gasteiger partial charge in [-0.25, -0.2) is 0 Å². The van der Waals surface area contributed by atoms with E-state index in [1.165, 1.54) is 33.4 Å². The van der Waals surface area contributed by atoms with Crippen LogP contribution in [-0.2, 0) is 13.1 Å². The normalized spacial score (nSPS) is 10.7. The average molecular weight is 301 g/mol. The summed E-state index contributed by atoms with van der Waals surface area (Å²) in [7, 11) is 0. The number of rotatable bonds is 5. The third-order valence-corrected chi connectivity index (χ3v) is 4.12. The highest BCUT2D eigenvalue weighted by atomic mass is 14.8. The van der Waals surface area contributed by atoms with Gasteiger partial charge in [0.2, 0.25) is 0 Å². The molecule has 0 amide bonds. The highest BCUT2D eigenvalue weighted by Crippen LogP contribution is 2.20. The van der Waals surface area contributed by atoms with Crippen LogP contribution in [0.4, 0.5) is 0 Å². The minimum atomic E-state index is 0.891. The first kappa shape index (κ1) is 15.5. The molecule has 0 radical (unpaired) electrons. The second-order valence-electron chi connectivity index (χ2n) is 6.15. The molecule has 3 rings (SSSR count). The van der Waals surface area contributed by atoms with E-state index in [0.29, 0.717) is 0 Å². The van der Waals surface area contributed by atoms with Crippen molar-refractivity contribution in [2.45, 2.75) is 26.9 Å². The Kier molecular flexibility index (Phi) is 4.89. The van der Waals surface area contributed by atoms with Gasteiger partial charge in [-0.15, -0.1) is 0 Å². The number of hydrogen-bond donors (Lipinski definition) is 1. The van der Waals surface area contributed by atoms with Crippen LogP contribution in [0.1, 0.15) is 22.3 Å². The van der Waals surface area contributed by atoms with Gasteiger partial charge >= 0.3 is 0 Å². The van der Waals surface area contributed by atoms with Crippen molar-refractivity contribution in [3.8, 4) is 11.1 Å². The third-order valence-electron chi connectivity index (χ3n) is 4.12. The van der Waals surface area contributed by atoms with Crippen molar-refractivity contribution in [2.24, 2.45) is 0 Å². The summed E-state index contributed by atoms with van der Waals surface area (Å²) in [5, 5.41) is 3.50. The van der Waals surface area contributed by atoms with Crippen molar-refractivity contribution in [3.63, 3.8) is 0 Å². The molecule has 0 aliphatic carbocycles. The van der Waals surface area contributed by atoms with Crippen LogP contribution in [0.5, 0.6) is 0 Å². The molecule has 0 saturated carbocycles. The van der Waals surface area contributed by atoms with Gasteiger partial charge in [-0.05, 0) is 36.1 Å². The molecule has 0 aliphatic heterocycles. The minimum absolute atomic E-state index is 0.891. The summed E-state index contributed by atoms with van der Waals surface area (Å²) in [6.45, 7) is 6.03. The lowest BCUT2D eigenvalue weighted by Crippen LogP contribution is -2.12. The summed E-state index contributed by atoms with van der Waals surface area (Å²) in [5.41, 5.74) is 7.79. The number of aryl methyl sites for hydroxylation is 2. The van der Waals surface area contributed by atoms with Crippen LogP contribution in [0.3, 0.4) is 0 Å². The SMILES string of the molecule is Cc1ccc(CNCc2ccc(-c3ccc(C)cc3)cc2)cc1. The first-order chi connectivity index (χ1) is 11.2. The van der Waals surface area contributed by atoms with E-state index in [0.717, 1.165) is 13.1 Å². The van der Waals surface area contributed by atoms with Gasteiger partial charge in [0.1, 0.15) is 0 Å². The molecule has 3 aromatic rings. The highest BCUT2D eigenvalue weighted by molar-refractivity contribution is 5.63. The van der Waals surface area contributed by atoms with Gasteiger partial charge < -0.3 is 5.32 Å². The van der Waals surface area contributed by atoms with E-state index in [1.54, 1.807) is 0 Å². The molecule has 3 aromatic carbocycles. The Balaban J connectivity index is 1.57. The molecule has 0 aromatic heterocycles. The molecule has 0 heterocycles. The summed E-state index contributed by atoms with van der Waals surface area (Å²) < 4.78 is 0. The largest absolute Gasteiger partial charge is 0.309 e. The molecule has 0 atom stereocenters. The molecule has 0 bridgehead atoms. The van der Waals surface area contributed by atoms with Crippen molar-refractivity contribution < 1.29 is 0 Å². The maximum Gasteiger partial charge on any atom is 0.0208 e. The number of benzene rings is 3. The Hall–Kier alpha value is -2.38. The molecule has 116 valence electrons. The summed E-state index contributed by atoms with van der Waals surface area (Å²) in [5.74, 6) is 0. The lowest BCUT2D eigenvalue weighted by Gasteiger charge is -2.07. The van der Waals surface area contributed by atoms with Crippen molar-refractivity contribution >= 4 is 0 Å². The molecular formula is C22H23N. The first-order valence-corrected chi connectivity index (χ1v) is 8.13. The van der Waals surface area contributed by atoms with Crippen LogP contribution in [0.25, 0.3) is 11.1 Å². The second kappa shape index (κ2) is 7.26. The zero-order valence-electron chi connectivity index (χ0n) is 13.8. The maximum absolute atomic E-state index is 3.50. The highest BCUT2D eigenvalue weighted by Gasteiger charge is 1.99. The van der Waals surface area contributed by atoms with Crippen LogP contribution in [-0.4, -0.2) is 0 Å². The van der Waals surface area contributed by atoms with Crippen LogP contribution < -0.4 is 5.32 Å². The molecule has 0 spiro atoms. The maximum atomic E-state index is 3.50. The summed E-state index contributed by atoms with van der Waals surface area (Å²) in [6.07, 6.45) is 0. The Morgan fingerprint density at radius 3 is 1.35 bits per heavy atom. The third kappa shape index (κ3) is 4.30. The zero-order chi connectivity index (χ0) is 16.1. The van der Waals surface area contributed by atoms with Gasteiger partial charge in [-0.3, -0.25) is 0 Å². The van der Waals surface area contributed by atoms with Crippen molar-refractivity contribution in [3.05, 3.63) is 95.1 Å². The summed E-state index contributed by atoms with van der Waals surface area (Å²) >= 11 is 0. The van der Waals surface area contributed by atoms with E-state index in [9.17, 15) is 0 Å². The molecule has 0 unspecified atom stereocenters. The number of hydrogen-bond acceptors (Lipinski definition) is 1.